The van der Waals surface area contributed by atoms with E-state index in [1.165, 1.54) is 12.1 Å². The zero-order valence-electron chi connectivity index (χ0n) is 11.7. The van der Waals surface area contributed by atoms with E-state index in [0.29, 0.717) is 5.56 Å². The van der Waals surface area contributed by atoms with Gasteiger partial charge in [-0.2, -0.15) is 5.10 Å². The van der Waals surface area contributed by atoms with E-state index >= 15 is 0 Å². The number of nitro groups is 1. The maximum absolute atomic E-state index is 11.9. The van der Waals surface area contributed by atoms with E-state index in [2.05, 4.69) is 10.5 Å². The number of amides is 1. The van der Waals surface area contributed by atoms with E-state index in [-0.39, 0.29) is 17.0 Å². The van der Waals surface area contributed by atoms with Gasteiger partial charge in [0.1, 0.15) is 5.75 Å². The summed E-state index contributed by atoms with van der Waals surface area (Å²) in [5.74, 6) is -0.580. The Labute approximate surface area is 126 Å². The van der Waals surface area contributed by atoms with Crippen molar-refractivity contribution in [2.24, 2.45) is 5.10 Å². The Morgan fingerprint density at radius 1 is 1.32 bits per heavy atom. The van der Waals surface area contributed by atoms with Gasteiger partial charge in [0, 0.05) is 23.3 Å². The Kier molecular flexibility index (Phi) is 4.47. The maximum atomic E-state index is 11.9. The summed E-state index contributed by atoms with van der Waals surface area (Å²) in [6.07, 6.45) is 1.15. The molecule has 0 aliphatic rings. The van der Waals surface area contributed by atoms with Gasteiger partial charge < -0.3 is 5.11 Å². The third-order valence-corrected chi connectivity index (χ3v) is 2.87. The predicted molar refractivity (Wildman–Crippen MR) is 81.0 cm³/mol. The first kappa shape index (κ1) is 15.2. The number of benzene rings is 2. The molecule has 1 amide bonds. The van der Waals surface area contributed by atoms with Crippen LogP contribution in [0.1, 0.15) is 21.5 Å². The molecule has 112 valence electrons. The number of rotatable bonds is 4. The number of hydrogen-bond acceptors (Lipinski definition) is 5. The number of carbonyl (C=O) groups is 1. The van der Waals surface area contributed by atoms with E-state index < -0.39 is 10.8 Å². The number of aryl methyl sites for hydroxylation is 1. The van der Waals surface area contributed by atoms with Gasteiger partial charge in [-0.1, -0.05) is 17.7 Å². The molecule has 0 saturated carbocycles. The molecule has 2 N–H and O–H groups in total. The van der Waals surface area contributed by atoms with Crippen LogP contribution in [0.3, 0.4) is 0 Å². The second-order valence-electron chi connectivity index (χ2n) is 4.57. The van der Waals surface area contributed by atoms with Crippen LogP contribution in [-0.4, -0.2) is 22.2 Å². The van der Waals surface area contributed by atoms with E-state index in [1.54, 1.807) is 18.2 Å². The lowest BCUT2D eigenvalue weighted by atomic mass is 10.1. The van der Waals surface area contributed by atoms with Gasteiger partial charge in [0.2, 0.25) is 0 Å². The van der Waals surface area contributed by atoms with Gasteiger partial charge in [0.25, 0.3) is 11.6 Å². The Morgan fingerprint density at radius 3 is 2.77 bits per heavy atom. The number of nitro benzene ring substituents is 1. The zero-order valence-corrected chi connectivity index (χ0v) is 11.7. The molecule has 0 atom stereocenters. The maximum Gasteiger partial charge on any atom is 0.271 e. The van der Waals surface area contributed by atoms with Crippen LogP contribution in [0.5, 0.6) is 5.75 Å². The Balaban J connectivity index is 2.11. The Morgan fingerprint density at radius 2 is 2.09 bits per heavy atom. The Bertz CT molecular complexity index is 756. The molecule has 0 aromatic heterocycles. The van der Waals surface area contributed by atoms with Crippen molar-refractivity contribution in [2.45, 2.75) is 6.92 Å². The number of carbonyl (C=O) groups excluding carboxylic acids is 1. The van der Waals surface area contributed by atoms with Crippen LogP contribution < -0.4 is 5.43 Å². The topological polar surface area (TPSA) is 105 Å². The molecule has 2 rings (SSSR count). The number of nitrogens with zero attached hydrogens (tertiary/aromatic N) is 2. The molecule has 22 heavy (non-hydrogen) atoms. The van der Waals surface area contributed by atoms with E-state index in [1.807, 2.05) is 13.0 Å². The minimum Gasteiger partial charge on any atom is -0.507 e. The van der Waals surface area contributed by atoms with Crippen LogP contribution in [0.4, 0.5) is 5.69 Å². The minimum atomic E-state index is -0.581. The summed E-state index contributed by atoms with van der Waals surface area (Å²) in [7, 11) is 0. The monoisotopic (exact) mass is 299 g/mol. The van der Waals surface area contributed by atoms with Crippen molar-refractivity contribution in [1.29, 1.82) is 0 Å². The van der Waals surface area contributed by atoms with E-state index in [4.69, 9.17) is 0 Å². The number of hydrogen-bond donors (Lipinski definition) is 2. The number of aromatic hydroxyl groups is 1. The van der Waals surface area contributed by atoms with Gasteiger partial charge in [-0.05, 0) is 25.1 Å². The highest BCUT2D eigenvalue weighted by Crippen LogP contribution is 2.21. The molecule has 7 heteroatoms. The number of nitrogens with one attached hydrogen (secondary N) is 1. The molecular weight excluding hydrogens is 286 g/mol. The summed E-state index contributed by atoms with van der Waals surface area (Å²) in [5, 5.41) is 24.0. The van der Waals surface area contributed by atoms with Crippen molar-refractivity contribution < 1.29 is 14.8 Å². The van der Waals surface area contributed by atoms with Crippen LogP contribution in [0.25, 0.3) is 0 Å². The minimum absolute atomic E-state index is 0.138. The standard InChI is InChI=1S/C15H13N3O4/c1-10-3-2-4-11(7-10)15(20)17-16-9-12-8-13(18(21)22)5-6-14(12)19/h2-9,19H,1H3,(H,17,20). The number of non-ortho nitro benzene ring substituents is 1. The van der Waals surface area contributed by atoms with Crippen molar-refractivity contribution in [1.82, 2.24) is 5.43 Å². The average Bonchev–Trinajstić information content (AvgIpc) is 2.48. The van der Waals surface area contributed by atoms with Crippen molar-refractivity contribution in [3.63, 3.8) is 0 Å². The van der Waals surface area contributed by atoms with Gasteiger partial charge in [-0.3, -0.25) is 14.9 Å². The normalized spacial score (nSPS) is 10.6. The largest absolute Gasteiger partial charge is 0.507 e. The van der Waals surface area contributed by atoms with Gasteiger partial charge in [0.05, 0.1) is 11.1 Å². The summed E-state index contributed by atoms with van der Waals surface area (Å²) in [6.45, 7) is 1.86. The fourth-order valence-electron chi connectivity index (χ4n) is 1.77. The summed E-state index contributed by atoms with van der Waals surface area (Å²) in [4.78, 5) is 21.9. The molecule has 0 heterocycles. The molecule has 0 bridgehead atoms. The first-order chi connectivity index (χ1) is 10.5. The quantitative estimate of drug-likeness (QED) is 0.513. The lowest BCUT2D eigenvalue weighted by molar-refractivity contribution is -0.384. The predicted octanol–water partition coefficient (Wildman–Crippen LogP) is 2.37. The second-order valence-corrected chi connectivity index (χ2v) is 4.57. The molecule has 0 aliphatic carbocycles. The molecule has 0 spiro atoms. The molecule has 0 unspecified atom stereocenters. The molecule has 2 aromatic carbocycles. The van der Waals surface area contributed by atoms with E-state index in [9.17, 15) is 20.0 Å². The fourth-order valence-corrected chi connectivity index (χ4v) is 1.77. The summed E-state index contributed by atoms with van der Waals surface area (Å²) >= 11 is 0. The molecule has 0 aliphatic heterocycles. The molecule has 7 nitrogen and oxygen atoms in total. The average molecular weight is 299 g/mol. The van der Waals surface area contributed by atoms with Crippen molar-refractivity contribution in [2.75, 3.05) is 0 Å². The molecule has 0 saturated heterocycles. The zero-order chi connectivity index (χ0) is 16.1. The first-order valence-corrected chi connectivity index (χ1v) is 6.35. The smallest absolute Gasteiger partial charge is 0.271 e. The molecule has 0 fully saturated rings. The van der Waals surface area contributed by atoms with Crippen LogP contribution in [0.15, 0.2) is 47.6 Å². The third kappa shape index (κ3) is 3.66. The number of hydrazone groups is 1. The van der Waals surface area contributed by atoms with Crippen LogP contribution in [-0.2, 0) is 0 Å². The third-order valence-electron chi connectivity index (χ3n) is 2.87. The van der Waals surface area contributed by atoms with Gasteiger partial charge >= 0.3 is 0 Å². The molecule has 0 radical (unpaired) electrons. The van der Waals surface area contributed by atoms with Crippen LogP contribution >= 0.6 is 0 Å². The number of phenolic OH excluding ortho intramolecular Hbond substituents is 1. The number of phenols is 1. The first-order valence-electron chi connectivity index (χ1n) is 6.35. The van der Waals surface area contributed by atoms with Gasteiger partial charge in [-0.15, -0.1) is 0 Å². The van der Waals surface area contributed by atoms with Crippen molar-refractivity contribution in [3.8, 4) is 5.75 Å². The van der Waals surface area contributed by atoms with Crippen LogP contribution in [0, 0.1) is 17.0 Å². The highest BCUT2D eigenvalue weighted by Gasteiger charge is 2.09. The van der Waals surface area contributed by atoms with Crippen molar-refractivity contribution >= 4 is 17.8 Å². The second kappa shape index (κ2) is 6.49. The fraction of sp³-hybridized carbons (Fsp3) is 0.0667. The molecule has 2 aromatic rings. The van der Waals surface area contributed by atoms with Gasteiger partial charge in [0.15, 0.2) is 0 Å². The van der Waals surface area contributed by atoms with E-state index in [0.717, 1.165) is 17.8 Å². The summed E-state index contributed by atoms with van der Waals surface area (Å²) in [6, 6.07) is 10.5. The highest BCUT2D eigenvalue weighted by molar-refractivity contribution is 5.95. The lowest BCUT2D eigenvalue weighted by Gasteiger charge is -2.01. The Hall–Kier alpha value is -3.22. The molecular formula is C15H13N3O4. The summed E-state index contributed by atoms with van der Waals surface area (Å²) in [5.41, 5.74) is 3.64. The summed E-state index contributed by atoms with van der Waals surface area (Å²) < 4.78 is 0. The lowest BCUT2D eigenvalue weighted by Crippen LogP contribution is -2.17. The highest BCUT2D eigenvalue weighted by atomic mass is 16.6. The van der Waals surface area contributed by atoms with Gasteiger partial charge in [-0.25, -0.2) is 5.43 Å². The SMILES string of the molecule is Cc1cccc(C(=O)NN=Cc2cc([N+](=O)[O-])ccc2O)c1. The van der Waals surface area contributed by atoms with Crippen molar-refractivity contribution in [3.05, 3.63) is 69.3 Å². The van der Waals surface area contributed by atoms with Crippen LogP contribution in [0.2, 0.25) is 0 Å².